The molecule has 2 aromatic rings. The third kappa shape index (κ3) is 5.92. The number of nitrogens with zero attached hydrogens (tertiary/aromatic N) is 2. The van der Waals surface area contributed by atoms with Crippen LogP contribution >= 0.6 is 24.0 Å². The molecule has 28 heavy (non-hydrogen) atoms. The fraction of sp³-hybridized carbons (Fsp3) is 0.350. The minimum absolute atomic E-state index is 0. The van der Waals surface area contributed by atoms with E-state index in [2.05, 4.69) is 41.4 Å². The van der Waals surface area contributed by atoms with E-state index in [1.54, 1.807) is 12.1 Å². The third-order valence-corrected chi connectivity index (χ3v) is 5.69. The van der Waals surface area contributed by atoms with Crippen LogP contribution < -0.4 is 10.5 Å². The number of likely N-dealkylation sites (tertiary alicyclic amines) is 1. The summed E-state index contributed by atoms with van der Waals surface area (Å²) in [5.74, 6) is 1.41. The van der Waals surface area contributed by atoms with Crippen LogP contribution in [0.1, 0.15) is 30.4 Å². The van der Waals surface area contributed by atoms with Crippen LogP contribution in [-0.2, 0) is 16.6 Å². The molecule has 1 atom stereocenters. The van der Waals surface area contributed by atoms with Gasteiger partial charge in [0.15, 0.2) is 5.96 Å². The molecule has 0 aromatic heterocycles. The van der Waals surface area contributed by atoms with Crippen LogP contribution in [0.25, 0.3) is 0 Å². The van der Waals surface area contributed by atoms with Gasteiger partial charge in [-0.1, -0.05) is 42.5 Å². The van der Waals surface area contributed by atoms with Crippen molar-refractivity contribution in [1.29, 1.82) is 0 Å². The number of aliphatic imine (C=N–C) groups is 1. The quantitative estimate of drug-likeness (QED) is 0.365. The molecule has 0 bridgehead atoms. The fourth-order valence-corrected chi connectivity index (χ4v) is 3.84. The van der Waals surface area contributed by atoms with Gasteiger partial charge in [-0.05, 0) is 36.6 Å². The van der Waals surface area contributed by atoms with Gasteiger partial charge >= 0.3 is 0 Å². The first-order chi connectivity index (χ1) is 13.0. The zero-order chi connectivity index (χ0) is 19.3. The number of hydrogen-bond acceptors (Lipinski definition) is 3. The van der Waals surface area contributed by atoms with Crippen molar-refractivity contribution in [3.63, 3.8) is 0 Å². The highest BCUT2D eigenvalue weighted by atomic mass is 127. The summed E-state index contributed by atoms with van der Waals surface area (Å²) in [6.07, 6.45) is 1.11. The molecule has 3 rings (SSSR count). The van der Waals surface area contributed by atoms with Crippen molar-refractivity contribution in [3.8, 4) is 0 Å². The molecule has 1 saturated heterocycles. The zero-order valence-electron chi connectivity index (χ0n) is 15.9. The van der Waals surface area contributed by atoms with Crippen molar-refractivity contribution in [2.75, 3.05) is 19.6 Å². The molecule has 8 heteroatoms. The Morgan fingerprint density at radius 3 is 2.46 bits per heavy atom. The Bertz CT molecular complexity index is 886. The summed E-state index contributed by atoms with van der Waals surface area (Å²) in [5, 5.41) is 8.50. The van der Waals surface area contributed by atoms with Gasteiger partial charge in [-0.25, -0.2) is 18.5 Å². The third-order valence-electron chi connectivity index (χ3n) is 4.76. The lowest BCUT2D eigenvalue weighted by Crippen LogP contribution is -2.40. The molecule has 0 radical (unpaired) electrons. The van der Waals surface area contributed by atoms with Crippen molar-refractivity contribution >= 4 is 40.0 Å². The van der Waals surface area contributed by atoms with E-state index in [4.69, 9.17) is 10.1 Å². The van der Waals surface area contributed by atoms with E-state index in [-0.39, 0.29) is 28.9 Å². The van der Waals surface area contributed by atoms with Crippen LogP contribution in [0, 0.1) is 0 Å². The highest BCUT2D eigenvalue weighted by Gasteiger charge is 2.25. The monoisotopic (exact) mass is 514 g/mol. The molecule has 0 amide bonds. The predicted octanol–water partition coefficient (Wildman–Crippen LogP) is 2.91. The molecule has 0 aliphatic carbocycles. The summed E-state index contributed by atoms with van der Waals surface area (Å²) in [5.41, 5.74) is 2.31. The van der Waals surface area contributed by atoms with Crippen LogP contribution in [0.5, 0.6) is 0 Å². The van der Waals surface area contributed by atoms with E-state index < -0.39 is 10.0 Å². The highest BCUT2D eigenvalue weighted by Crippen LogP contribution is 2.27. The van der Waals surface area contributed by atoms with Gasteiger partial charge in [0, 0.05) is 25.6 Å². The maximum absolute atomic E-state index is 11.4. The minimum atomic E-state index is -3.66. The lowest BCUT2D eigenvalue weighted by atomic mass is 9.99. The molecule has 1 aliphatic rings. The number of halogens is 1. The topological polar surface area (TPSA) is 87.8 Å². The van der Waals surface area contributed by atoms with Gasteiger partial charge in [-0.2, -0.15) is 0 Å². The summed E-state index contributed by atoms with van der Waals surface area (Å²) < 4.78 is 22.7. The van der Waals surface area contributed by atoms with Crippen molar-refractivity contribution in [2.45, 2.75) is 30.7 Å². The molecule has 6 nitrogen and oxygen atoms in total. The van der Waals surface area contributed by atoms with Crippen molar-refractivity contribution in [2.24, 2.45) is 10.1 Å². The van der Waals surface area contributed by atoms with Gasteiger partial charge in [0.2, 0.25) is 10.0 Å². The first kappa shape index (κ1) is 22.6. The number of primary sulfonamides is 1. The maximum atomic E-state index is 11.4. The lowest BCUT2D eigenvalue weighted by molar-refractivity contribution is 0.486. The fourth-order valence-electron chi connectivity index (χ4n) is 3.33. The molecular formula is C20H27IN4O2S. The molecule has 1 fully saturated rings. The number of nitrogens with two attached hydrogens (primary N) is 1. The van der Waals surface area contributed by atoms with Crippen molar-refractivity contribution in [3.05, 3.63) is 65.7 Å². The summed E-state index contributed by atoms with van der Waals surface area (Å²) in [6, 6.07) is 17.1. The highest BCUT2D eigenvalue weighted by molar-refractivity contribution is 14.0. The average Bonchev–Trinajstić information content (AvgIpc) is 3.15. The molecule has 2 aromatic carbocycles. The summed E-state index contributed by atoms with van der Waals surface area (Å²) in [7, 11) is -3.66. The first-order valence-corrected chi connectivity index (χ1v) is 10.7. The van der Waals surface area contributed by atoms with Crippen LogP contribution in [-0.4, -0.2) is 38.9 Å². The number of benzene rings is 2. The Balaban J connectivity index is 0.00000280. The van der Waals surface area contributed by atoms with Crippen molar-refractivity contribution < 1.29 is 8.42 Å². The standard InChI is InChI=1S/C20H26N4O2S.HI/c1-2-22-20(23-14-16-8-10-19(11-9-16)27(21,25)26)24-13-12-18(15-24)17-6-4-3-5-7-17;/h3-11,18H,2,12-15H2,1H3,(H,22,23)(H2,21,25,26);1H. The Labute approximate surface area is 184 Å². The number of nitrogens with one attached hydrogen (secondary N) is 1. The molecule has 3 N–H and O–H groups in total. The second-order valence-corrected chi connectivity index (χ2v) is 8.26. The van der Waals surface area contributed by atoms with Crippen LogP contribution in [0.3, 0.4) is 0 Å². The maximum Gasteiger partial charge on any atom is 0.238 e. The molecule has 0 spiro atoms. The van der Waals surface area contributed by atoms with Gasteiger partial charge in [0.1, 0.15) is 0 Å². The molecule has 0 saturated carbocycles. The summed E-state index contributed by atoms with van der Waals surface area (Å²) in [6.45, 7) is 5.26. The molecule has 152 valence electrons. The van der Waals surface area contributed by atoms with E-state index >= 15 is 0 Å². The minimum Gasteiger partial charge on any atom is -0.357 e. The Morgan fingerprint density at radius 2 is 1.86 bits per heavy atom. The normalized spacial score (nSPS) is 17.3. The number of guanidine groups is 1. The van der Waals surface area contributed by atoms with E-state index in [1.165, 1.54) is 17.7 Å². The van der Waals surface area contributed by atoms with E-state index in [1.807, 2.05) is 6.07 Å². The van der Waals surface area contributed by atoms with Gasteiger partial charge < -0.3 is 10.2 Å². The van der Waals surface area contributed by atoms with E-state index in [0.717, 1.165) is 37.6 Å². The molecule has 1 heterocycles. The average molecular weight is 514 g/mol. The smallest absolute Gasteiger partial charge is 0.238 e. The predicted molar refractivity (Wildman–Crippen MR) is 123 cm³/mol. The Kier molecular flexibility index (Phi) is 8.26. The van der Waals surface area contributed by atoms with Gasteiger partial charge in [0.25, 0.3) is 0 Å². The van der Waals surface area contributed by atoms with E-state index in [0.29, 0.717) is 12.5 Å². The molecular weight excluding hydrogens is 487 g/mol. The van der Waals surface area contributed by atoms with Crippen LogP contribution in [0.15, 0.2) is 64.5 Å². The second kappa shape index (κ2) is 10.2. The first-order valence-electron chi connectivity index (χ1n) is 9.17. The van der Waals surface area contributed by atoms with Crippen LogP contribution in [0.2, 0.25) is 0 Å². The Hall–Kier alpha value is -1.65. The summed E-state index contributed by atoms with van der Waals surface area (Å²) in [4.78, 5) is 7.15. The van der Waals surface area contributed by atoms with Gasteiger partial charge in [-0.3, -0.25) is 0 Å². The zero-order valence-corrected chi connectivity index (χ0v) is 19.1. The number of sulfonamides is 1. The summed E-state index contributed by atoms with van der Waals surface area (Å²) >= 11 is 0. The molecule has 1 unspecified atom stereocenters. The van der Waals surface area contributed by atoms with Crippen LogP contribution in [0.4, 0.5) is 0 Å². The van der Waals surface area contributed by atoms with Gasteiger partial charge in [0.05, 0.1) is 11.4 Å². The lowest BCUT2D eigenvalue weighted by Gasteiger charge is -2.22. The SMILES string of the molecule is CCNC(=NCc1ccc(S(N)(=O)=O)cc1)N1CCC(c2ccccc2)C1.I. The second-order valence-electron chi connectivity index (χ2n) is 6.70. The number of hydrogen-bond donors (Lipinski definition) is 2. The number of rotatable bonds is 5. The van der Waals surface area contributed by atoms with E-state index in [9.17, 15) is 8.42 Å². The molecule has 1 aliphatic heterocycles. The Morgan fingerprint density at radius 1 is 1.18 bits per heavy atom. The largest absolute Gasteiger partial charge is 0.357 e. The van der Waals surface area contributed by atoms with Gasteiger partial charge in [-0.15, -0.1) is 24.0 Å². The van der Waals surface area contributed by atoms with Crippen molar-refractivity contribution in [1.82, 2.24) is 10.2 Å².